The molecule has 0 aliphatic carbocycles. The highest BCUT2D eigenvalue weighted by Gasteiger charge is 2.06. The fourth-order valence-electron chi connectivity index (χ4n) is 1.65. The summed E-state index contributed by atoms with van der Waals surface area (Å²) in [6.07, 6.45) is 2.32. The Morgan fingerprint density at radius 3 is 2.43 bits per heavy atom. The first-order chi connectivity index (χ1) is 10.0. The van der Waals surface area contributed by atoms with Gasteiger partial charge >= 0.3 is 0 Å². The fourth-order valence-corrected chi connectivity index (χ4v) is 1.65. The molecule has 0 aliphatic rings. The van der Waals surface area contributed by atoms with Crippen molar-refractivity contribution >= 4 is 23.5 Å². The number of nitrogens with zero attached hydrogens (tertiary/aromatic N) is 2. The van der Waals surface area contributed by atoms with E-state index in [1.807, 2.05) is 13.8 Å². The van der Waals surface area contributed by atoms with Gasteiger partial charge in [-0.2, -0.15) is 9.97 Å². The molecule has 1 aromatic rings. The van der Waals surface area contributed by atoms with Crippen molar-refractivity contribution in [2.24, 2.45) is 0 Å². The summed E-state index contributed by atoms with van der Waals surface area (Å²) in [5.74, 6) is 1.55. The zero-order valence-electron chi connectivity index (χ0n) is 13.1. The molecule has 7 heteroatoms. The average molecular weight is 294 g/mol. The Balaban J connectivity index is 2.44. The van der Waals surface area contributed by atoms with Crippen LogP contribution in [-0.2, 0) is 4.79 Å². The zero-order chi connectivity index (χ0) is 15.7. The van der Waals surface area contributed by atoms with Crippen molar-refractivity contribution in [2.45, 2.75) is 46.1 Å². The minimum Gasteiger partial charge on any atom is -0.370 e. The Morgan fingerprint density at radius 1 is 1.24 bits per heavy atom. The number of aromatic nitrogens is 2. The maximum atomic E-state index is 11.7. The van der Waals surface area contributed by atoms with Crippen LogP contribution in [0.4, 0.5) is 17.6 Å². The van der Waals surface area contributed by atoms with E-state index >= 15 is 0 Å². The van der Waals surface area contributed by atoms with Crippen molar-refractivity contribution in [3.8, 4) is 0 Å². The topological polar surface area (TPSA) is 105 Å². The van der Waals surface area contributed by atoms with Crippen LogP contribution in [-0.4, -0.2) is 35.0 Å². The summed E-state index contributed by atoms with van der Waals surface area (Å²) < 4.78 is 0. The van der Waals surface area contributed by atoms with E-state index in [1.54, 1.807) is 6.07 Å². The van der Waals surface area contributed by atoms with E-state index in [-0.39, 0.29) is 17.9 Å². The third-order valence-electron chi connectivity index (χ3n) is 2.98. The SMILES string of the molecule is CCCNc1cc(NCCC(=O)NC(C)CC)nc(N)n1. The highest BCUT2D eigenvalue weighted by molar-refractivity contribution is 5.76. The number of anilines is 3. The first-order valence-corrected chi connectivity index (χ1v) is 7.46. The summed E-state index contributed by atoms with van der Waals surface area (Å²) in [7, 11) is 0. The molecule has 1 atom stereocenters. The second-order valence-corrected chi connectivity index (χ2v) is 4.98. The van der Waals surface area contributed by atoms with Gasteiger partial charge in [0, 0.05) is 31.6 Å². The van der Waals surface area contributed by atoms with Crippen LogP contribution >= 0.6 is 0 Å². The van der Waals surface area contributed by atoms with Crippen LogP contribution in [0.5, 0.6) is 0 Å². The number of nitrogens with one attached hydrogen (secondary N) is 3. The van der Waals surface area contributed by atoms with Crippen molar-refractivity contribution in [2.75, 3.05) is 29.5 Å². The van der Waals surface area contributed by atoms with Gasteiger partial charge in [-0.1, -0.05) is 13.8 Å². The van der Waals surface area contributed by atoms with Gasteiger partial charge in [0.2, 0.25) is 11.9 Å². The van der Waals surface area contributed by atoms with Gasteiger partial charge in [0.25, 0.3) is 0 Å². The molecule has 118 valence electrons. The molecule has 0 saturated heterocycles. The van der Waals surface area contributed by atoms with E-state index in [1.165, 1.54) is 0 Å². The third-order valence-corrected chi connectivity index (χ3v) is 2.98. The minimum absolute atomic E-state index is 0.0307. The van der Waals surface area contributed by atoms with E-state index in [9.17, 15) is 4.79 Å². The van der Waals surface area contributed by atoms with E-state index in [4.69, 9.17) is 5.73 Å². The second-order valence-electron chi connectivity index (χ2n) is 4.98. The Hall–Kier alpha value is -2.05. The standard InChI is InChI=1S/C14H26N6O/c1-4-7-16-11-9-12(20-14(15)19-11)17-8-6-13(21)18-10(3)5-2/h9-10H,4-8H2,1-3H3,(H,18,21)(H4,15,16,17,19,20). The summed E-state index contributed by atoms with van der Waals surface area (Å²) >= 11 is 0. The molecule has 21 heavy (non-hydrogen) atoms. The number of carbonyl (C=O) groups excluding carboxylic acids is 1. The van der Waals surface area contributed by atoms with Crippen LogP contribution in [0.3, 0.4) is 0 Å². The van der Waals surface area contributed by atoms with Gasteiger partial charge < -0.3 is 21.7 Å². The number of carbonyl (C=O) groups is 1. The smallest absolute Gasteiger partial charge is 0.223 e. The molecular formula is C14H26N6O. The molecule has 1 rings (SSSR count). The Morgan fingerprint density at radius 2 is 1.86 bits per heavy atom. The Bertz CT molecular complexity index is 451. The Labute approximate surface area is 126 Å². The molecule has 0 spiro atoms. The van der Waals surface area contributed by atoms with Crippen LogP contribution in [0.25, 0.3) is 0 Å². The van der Waals surface area contributed by atoms with Crippen LogP contribution in [0.15, 0.2) is 6.07 Å². The van der Waals surface area contributed by atoms with Crippen LogP contribution in [0, 0.1) is 0 Å². The molecule has 5 N–H and O–H groups in total. The predicted octanol–water partition coefficient (Wildman–Crippen LogP) is 1.60. The van der Waals surface area contributed by atoms with Gasteiger partial charge in [0.15, 0.2) is 0 Å². The summed E-state index contributed by atoms with van der Waals surface area (Å²) in [6.45, 7) is 7.44. The lowest BCUT2D eigenvalue weighted by Crippen LogP contribution is -2.33. The molecule has 0 radical (unpaired) electrons. The summed E-state index contributed by atoms with van der Waals surface area (Å²) in [4.78, 5) is 19.9. The lowest BCUT2D eigenvalue weighted by Gasteiger charge is -2.12. The highest BCUT2D eigenvalue weighted by Crippen LogP contribution is 2.12. The number of nitrogens with two attached hydrogens (primary N) is 1. The fraction of sp³-hybridized carbons (Fsp3) is 0.643. The van der Waals surface area contributed by atoms with E-state index in [0.29, 0.717) is 24.6 Å². The van der Waals surface area contributed by atoms with Crippen molar-refractivity contribution in [1.82, 2.24) is 15.3 Å². The monoisotopic (exact) mass is 294 g/mol. The van der Waals surface area contributed by atoms with Crippen molar-refractivity contribution < 1.29 is 4.79 Å². The molecule has 0 fully saturated rings. The first-order valence-electron chi connectivity index (χ1n) is 7.46. The van der Waals surface area contributed by atoms with Crippen molar-refractivity contribution in [3.63, 3.8) is 0 Å². The van der Waals surface area contributed by atoms with Gasteiger partial charge in [0.1, 0.15) is 11.6 Å². The number of amides is 1. The van der Waals surface area contributed by atoms with E-state index < -0.39 is 0 Å². The van der Waals surface area contributed by atoms with Crippen LogP contribution in [0.2, 0.25) is 0 Å². The van der Waals surface area contributed by atoms with Gasteiger partial charge in [-0.15, -0.1) is 0 Å². The Kier molecular flexibility index (Phi) is 7.28. The molecular weight excluding hydrogens is 268 g/mol. The van der Waals surface area contributed by atoms with Crippen LogP contribution < -0.4 is 21.7 Å². The van der Waals surface area contributed by atoms with Crippen molar-refractivity contribution in [3.05, 3.63) is 6.07 Å². The van der Waals surface area contributed by atoms with Crippen molar-refractivity contribution in [1.29, 1.82) is 0 Å². The first kappa shape index (κ1) is 17.0. The summed E-state index contributed by atoms with van der Waals surface area (Å²) in [6, 6.07) is 2.00. The molecule has 1 amide bonds. The van der Waals surface area contributed by atoms with Gasteiger partial charge in [-0.05, 0) is 19.8 Å². The average Bonchev–Trinajstić information content (AvgIpc) is 2.44. The number of hydrogen-bond donors (Lipinski definition) is 4. The minimum atomic E-state index is 0.0307. The summed E-state index contributed by atoms with van der Waals surface area (Å²) in [5, 5.41) is 9.17. The zero-order valence-corrected chi connectivity index (χ0v) is 13.1. The molecule has 0 saturated carbocycles. The normalized spacial score (nSPS) is 11.8. The van der Waals surface area contributed by atoms with Gasteiger partial charge in [0.05, 0.1) is 0 Å². The molecule has 0 aliphatic heterocycles. The quantitative estimate of drug-likeness (QED) is 0.551. The number of hydrogen-bond acceptors (Lipinski definition) is 6. The molecule has 7 nitrogen and oxygen atoms in total. The highest BCUT2D eigenvalue weighted by atomic mass is 16.1. The largest absolute Gasteiger partial charge is 0.370 e. The van der Waals surface area contributed by atoms with Gasteiger partial charge in [-0.25, -0.2) is 0 Å². The maximum absolute atomic E-state index is 11.7. The number of rotatable bonds is 9. The second kappa shape index (κ2) is 8.99. The predicted molar refractivity (Wildman–Crippen MR) is 86.2 cm³/mol. The summed E-state index contributed by atoms with van der Waals surface area (Å²) in [5.41, 5.74) is 5.67. The third kappa shape index (κ3) is 6.78. The lowest BCUT2D eigenvalue weighted by molar-refractivity contribution is -0.121. The van der Waals surface area contributed by atoms with E-state index in [2.05, 4.69) is 32.8 Å². The van der Waals surface area contributed by atoms with Gasteiger partial charge in [-0.3, -0.25) is 4.79 Å². The molecule has 0 bridgehead atoms. The van der Waals surface area contributed by atoms with Crippen LogP contribution in [0.1, 0.15) is 40.0 Å². The molecule has 0 aromatic carbocycles. The lowest BCUT2D eigenvalue weighted by atomic mass is 10.2. The molecule has 1 aromatic heterocycles. The molecule has 1 unspecified atom stereocenters. The van der Waals surface area contributed by atoms with E-state index in [0.717, 1.165) is 19.4 Å². The number of nitrogen functional groups attached to an aromatic ring is 1. The maximum Gasteiger partial charge on any atom is 0.223 e. The molecule has 1 heterocycles.